The molecule has 1 saturated heterocycles. The maximum atomic E-state index is 11.6. The predicted molar refractivity (Wildman–Crippen MR) is 59.6 cm³/mol. The van der Waals surface area contributed by atoms with Crippen LogP contribution < -0.4 is 0 Å². The summed E-state index contributed by atoms with van der Waals surface area (Å²) >= 11 is 0. The van der Waals surface area contributed by atoms with E-state index < -0.39 is 12.6 Å². The molecule has 0 aromatic rings. The van der Waals surface area contributed by atoms with E-state index in [4.69, 9.17) is 14.6 Å². The van der Waals surface area contributed by atoms with Gasteiger partial charge in [-0.25, -0.2) is 4.79 Å². The Morgan fingerprint density at radius 1 is 1.47 bits per heavy atom. The molecule has 0 bridgehead atoms. The lowest BCUT2D eigenvalue weighted by atomic mass is 10.0. The molecule has 0 aromatic carbocycles. The molecule has 1 aliphatic rings. The summed E-state index contributed by atoms with van der Waals surface area (Å²) in [5, 5.41) is 8.36. The zero-order valence-electron chi connectivity index (χ0n) is 10.1. The molecular formula is C11H19NO5. The Morgan fingerprint density at radius 3 is 2.82 bits per heavy atom. The molecule has 1 amide bonds. The molecule has 1 unspecified atom stereocenters. The third-order valence-electron chi connectivity index (χ3n) is 2.66. The minimum absolute atomic E-state index is 0.184. The van der Waals surface area contributed by atoms with Crippen LogP contribution in [0.4, 0.5) is 0 Å². The maximum Gasteiger partial charge on any atom is 0.329 e. The average Bonchev–Trinajstić information content (AvgIpc) is 2.29. The Labute approximate surface area is 100 Å². The molecular weight excluding hydrogens is 226 g/mol. The number of nitrogens with zero attached hydrogens (tertiary/aromatic N) is 1. The van der Waals surface area contributed by atoms with Crippen LogP contribution >= 0.6 is 0 Å². The quantitative estimate of drug-likeness (QED) is 0.711. The summed E-state index contributed by atoms with van der Waals surface area (Å²) in [6.07, 6.45) is 2.09. The third-order valence-corrected chi connectivity index (χ3v) is 2.66. The number of hydrogen-bond acceptors (Lipinski definition) is 4. The van der Waals surface area contributed by atoms with Crippen molar-refractivity contribution in [2.75, 3.05) is 40.0 Å². The Kier molecular flexibility index (Phi) is 5.93. The van der Waals surface area contributed by atoms with E-state index in [9.17, 15) is 9.59 Å². The zero-order valence-corrected chi connectivity index (χ0v) is 10.1. The molecule has 17 heavy (non-hydrogen) atoms. The lowest BCUT2D eigenvalue weighted by Crippen LogP contribution is -2.37. The molecule has 6 nitrogen and oxygen atoms in total. The minimum atomic E-state index is -1.07. The second-order valence-corrected chi connectivity index (χ2v) is 4.24. The van der Waals surface area contributed by atoms with Crippen molar-refractivity contribution in [1.82, 2.24) is 4.90 Å². The largest absolute Gasteiger partial charge is 0.480 e. The summed E-state index contributed by atoms with van der Waals surface area (Å²) in [6, 6.07) is 0. The van der Waals surface area contributed by atoms with E-state index in [2.05, 4.69) is 0 Å². The number of amides is 1. The van der Waals surface area contributed by atoms with E-state index in [0.29, 0.717) is 19.1 Å². The first-order chi connectivity index (χ1) is 8.09. The van der Waals surface area contributed by atoms with Gasteiger partial charge in [0.15, 0.2) is 0 Å². The first-order valence-corrected chi connectivity index (χ1v) is 5.71. The van der Waals surface area contributed by atoms with E-state index in [1.165, 1.54) is 0 Å². The van der Waals surface area contributed by atoms with Gasteiger partial charge in [-0.2, -0.15) is 0 Å². The lowest BCUT2D eigenvalue weighted by Gasteiger charge is -2.27. The van der Waals surface area contributed by atoms with E-state index in [0.717, 1.165) is 19.4 Å². The number of carbonyl (C=O) groups is 2. The molecule has 0 aromatic heterocycles. The summed E-state index contributed by atoms with van der Waals surface area (Å²) in [6.45, 7) is 1.50. The fourth-order valence-electron chi connectivity index (χ4n) is 1.78. The van der Waals surface area contributed by atoms with Crippen LogP contribution in [-0.4, -0.2) is 61.9 Å². The van der Waals surface area contributed by atoms with Gasteiger partial charge in [0, 0.05) is 20.2 Å². The fraction of sp³-hybridized carbons (Fsp3) is 0.818. The Bertz CT molecular complexity index is 263. The molecule has 0 saturated carbocycles. The van der Waals surface area contributed by atoms with Crippen LogP contribution in [0, 0.1) is 5.92 Å². The molecule has 98 valence electrons. The maximum absolute atomic E-state index is 11.6. The van der Waals surface area contributed by atoms with Crippen molar-refractivity contribution in [2.45, 2.75) is 12.8 Å². The molecule has 1 heterocycles. The van der Waals surface area contributed by atoms with Crippen LogP contribution in [0.3, 0.4) is 0 Å². The van der Waals surface area contributed by atoms with E-state index >= 15 is 0 Å². The molecule has 1 fully saturated rings. The molecule has 1 rings (SSSR count). The molecule has 1 atom stereocenters. The molecule has 0 radical (unpaired) electrons. The van der Waals surface area contributed by atoms with Crippen molar-refractivity contribution in [2.24, 2.45) is 5.92 Å². The molecule has 0 spiro atoms. The van der Waals surface area contributed by atoms with Crippen molar-refractivity contribution < 1.29 is 24.2 Å². The first kappa shape index (κ1) is 13.9. The molecule has 6 heteroatoms. The van der Waals surface area contributed by atoms with Crippen LogP contribution in [0.15, 0.2) is 0 Å². The van der Waals surface area contributed by atoms with Gasteiger partial charge in [0.05, 0.1) is 6.61 Å². The number of aliphatic carboxylic acids is 1. The van der Waals surface area contributed by atoms with Crippen LogP contribution in [-0.2, 0) is 19.1 Å². The van der Waals surface area contributed by atoms with Gasteiger partial charge in [0.2, 0.25) is 5.91 Å². The third kappa shape index (κ3) is 5.65. The second kappa shape index (κ2) is 7.24. The highest BCUT2D eigenvalue weighted by molar-refractivity contribution is 5.77. The summed E-state index contributed by atoms with van der Waals surface area (Å²) in [5.74, 6) is -0.893. The topological polar surface area (TPSA) is 76.1 Å². The zero-order chi connectivity index (χ0) is 12.7. The minimum Gasteiger partial charge on any atom is -0.480 e. The number of hydrogen-bond donors (Lipinski definition) is 1. The SMILES string of the molecule is CN(CC1CCCOC1)C(=O)COCC(=O)O. The fourth-order valence-corrected chi connectivity index (χ4v) is 1.78. The molecule has 1 N–H and O–H groups in total. The predicted octanol–water partition coefficient (Wildman–Crippen LogP) is -0.0274. The van der Waals surface area contributed by atoms with Gasteiger partial charge in [0.25, 0.3) is 0 Å². The summed E-state index contributed by atoms with van der Waals surface area (Å²) in [7, 11) is 1.70. The lowest BCUT2D eigenvalue weighted by molar-refractivity contribution is -0.145. The van der Waals surface area contributed by atoms with Gasteiger partial charge in [-0.3, -0.25) is 4.79 Å². The smallest absolute Gasteiger partial charge is 0.329 e. The standard InChI is InChI=1S/C11H19NO5/c1-12(5-9-3-2-4-16-6-9)10(13)7-17-8-11(14)15/h9H,2-8H2,1H3,(H,14,15). The Morgan fingerprint density at radius 2 is 2.24 bits per heavy atom. The van der Waals surface area contributed by atoms with Crippen molar-refractivity contribution in [1.29, 1.82) is 0 Å². The van der Waals surface area contributed by atoms with Gasteiger partial charge in [0.1, 0.15) is 13.2 Å². The van der Waals surface area contributed by atoms with E-state index in [-0.39, 0.29) is 12.5 Å². The van der Waals surface area contributed by atoms with Gasteiger partial charge < -0.3 is 19.5 Å². The van der Waals surface area contributed by atoms with Crippen molar-refractivity contribution in [3.05, 3.63) is 0 Å². The molecule has 1 aliphatic heterocycles. The van der Waals surface area contributed by atoms with Crippen LogP contribution in [0.25, 0.3) is 0 Å². The Hall–Kier alpha value is -1.14. The van der Waals surface area contributed by atoms with Crippen LogP contribution in [0.5, 0.6) is 0 Å². The summed E-state index contributed by atoms with van der Waals surface area (Å²) in [5.41, 5.74) is 0. The number of carbonyl (C=O) groups excluding carboxylic acids is 1. The highest BCUT2D eigenvalue weighted by Crippen LogP contribution is 2.14. The molecule has 0 aliphatic carbocycles. The second-order valence-electron chi connectivity index (χ2n) is 4.24. The normalized spacial score (nSPS) is 19.9. The van der Waals surface area contributed by atoms with Crippen LogP contribution in [0.2, 0.25) is 0 Å². The highest BCUT2D eigenvalue weighted by Gasteiger charge is 2.18. The number of carboxylic acids is 1. The van der Waals surface area contributed by atoms with Crippen molar-refractivity contribution in [3.8, 4) is 0 Å². The number of carboxylic acid groups (broad SMARTS) is 1. The van der Waals surface area contributed by atoms with E-state index in [1.54, 1.807) is 11.9 Å². The number of likely N-dealkylation sites (N-methyl/N-ethyl adjacent to an activating group) is 1. The summed E-state index contributed by atoms with van der Waals surface area (Å²) in [4.78, 5) is 23.3. The Balaban J connectivity index is 2.18. The monoisotopic (exact) mass is 245 g/mol. The van der Waals surface area contributed by atoms with E-state index in [1.807, 2.05) is 0 Å². The van der Waals surface area contributed by atoms with Gasteiger partial charge in [-0.15, -0.1) is 0 Å². The number of ether oxygens (including phenoxy) is 2. The van der Waals surface area contributed by atoms with Crippen molar-refractivity contribution >= 4 is 11.9 Å². The van der Waals surface area contributed by atoms with Gasteiger partial charge in [-0.05, 0) is 18.8 Å². The summed E-state index contributed by atoms with van der Waals surface area (Å²) < 4.78 is 10.1. The van der Waals surface area contributed by atoms with Gasteiger partial charge >= 0.3 is 5.97 Å². The first-order valence-electron chi connectivity index (χ1n) is 5.71. The number of rotatable bonds is 6. The van der Waals surface area contributed by atoms with Crippen LogP contribution in [0.1, 0.15) is 12.8 Å². The van der Waals surface area contributed by atoms with Crippen molar-refractivity contribution in [3.63, 3.8) is 0 Å². The average molecular weight is 245 g/mol. The highest BCUT2D eigenvalue weighted by atomic mass is 16.5. The van der Waals surface area contributed by atoms with Gasteiger partial charge in [-0.1, -0.05) is 0 Å².